The summed E-state index contributed by atoms with van der Waals surface area (Å²) in [4.78, 5) is 15.5. The summed E-state index contributed by atoms with van der Waals surface area (Å²) in [6.45, 7) is 0. The molecule has 0 atom stereocenters. The van der Waals surface area contributed by atoms with E-state index in [1.807, 2.05) is 0 Å². The van der Waals surface area contributed by atoms with Gasteiger partial charge in [0.2, 0.25) is 0 Å². The minimum atomic E-state index is -0.711. The van der Waals surface area contributed by atoms with Crippen molar-refractivity contribution in [2.45, 2.75) is 0 Å². The third kappa shape index (κ3) is 2.89. The molecule has 0 radical (unpaired) electrons. The predicted molar refractivity (Wildman–Crippen MR) is 71.1 cm³/mol. The zero-order valence-corrected chi connectivity index (χ0v) is 10.2. The average Bonchev–Trinajstić information content (AvgIpc) is 2.47. The number of carbonyl (C=O) groups is 1. The van der Waals surface area contributed by atoms with Gasteiger partial charge < -0.3 is 16.3 Å². The normalized spacial score (nSPS) is 11.2. The number of nitrogens with one attached hydrogen (secondary N) is 1. The number of anilines is 1. The second-order valence-corrected chi connectivity index (χ2v) is 3.88. The lowest BCUT2D eigenvalue weighted by molar-refractivity contribution is 0.102. The Morgan fingerprint density at radius 3 is 2.90 bits per heavy atom. The number of hydrogen-bond acceptors (Lipinski definition) is 4. The molecule has 0 fully saturated rings. The molecular weight excluding hydrogens is 263 g/mol. The molecule has 7 heteroatoms. The van der Waals surface area contributed by atoms with Crippen molar-refractivity contribution in [3.05, 3.63) is 59.7 Å². The molecule has 6 nitrogen and oxygen atoms in total. The maximum atomic E-state index is 13.4. The SMILES string of the molecule is NC(=NO)c1cccc(NC(=O)c2ccncc2F)c1. The Bertz CT molecular complexity index is 673. The molecule has 0 saturated carbocycles. The largest absolute Gasteiger partial charge is 0.409 e. The number of hydrogen-bond donors (Lipinski definition) is 3. The summed E-state index contributed by atoms with van der Waals surface area (Å²) in [6.07, 6.45) is 2.28. The van der Waals surface area contributed by atoms with E-state index in [0.717, 1.165) is 6.20 Å². The van der Waals surface area contributed by atoms with Crippen molar-refractivity contribution < 1.29 is 14.4 Å². The third-order valence-corrected chi connectivity index (χ3v) is 2.54. The van der Waals surface area contributed by atoms with Crippen LogP contribution in [0.5, 0.6) is 0 Å². The number of oxime groups is 1. The molecule has 0 aliphatic heterocycles. The number of nitrogens with two attached hydrogens (primary N) is 1. The lowest BCUT2D eigenvalue weighted by atomic mass is 10.1. The molecule has 2 rings (SSSR count). The van der Waals surface area contributed by atoms with E-state index in [4.69, 9.17) is 10.9 Å². The lowest BCUT2D eigenvalue weighted by Crippen LogP contribution is -2.16. The van der Waals surface area contributed by atoms with E-state index in [9.17, 15) is 9.18 Å². The van der Waals surface area contributed by atoms with Crippen molar-refractivity contribution >= 4 is 17.4 Å². The minimum absolute atomic E-state index is 0.0869. The second-order valence-electron chi connectivity index (χ2n) is 3.88. The van der Waals surface area contributed by atoms with Crippen molar-refractivity contribution in [3.63, 3.8) is 0 Å². The van der Waals surface area contributed by atoms with E-state index in [1.54, 1.807) is 18.2 Å². The van der Waals surface area contributed by atoms with Crippen molar-refractivity contribution in [1.29, 1.82) is 0 Å². The van der Waals surface area contributed by atoms with E-state index in [0.29, 0.717) is 11.3 Å². The van der Waals surface area contributed by atoms with Gasteiger partial charge in [0.1, 0.15) is 0 Å². The number of nitrogens with zero attached hydrogens (tertiary/aromatic N) is 2. The molecule has 1 aromatic carbocycles. The monoisotopic (exact) mass is 274 g/mol. The smallest absolute Gasteiger partial charge is 0.258 e. The number of amides is 1. The van der Waals surface area contributed by atoms with Gasteiger partial charge in [-0.25, -0.2) is 4.39 Å². The number of halogens is 1. The number of carbonyl (C=O) groups excluding carboxylic acids is 1. The summed E-state index contributed by atoms with van der Waals surface area (Å²) in [5, 5.41) is 14.0. The quantitative estimate of drug-likeness (QED) is 0.342. The first kappa shape index (κ1) is 13.5. The van der Waals surface area contributed by atoms with Gasteiger partial charge in [0.15, 0.2) is 11.7 Å². The highest BCUT2D eigenvalue weighted by molar-refractivity contribution is 6.05. The summed E-state index contributed by atoms with van der Waals surface area (Å²) in [7, 11) is 0. The highest BCUT2D eigenvalue weighted by atomic mass is 19.1. The predicted octanol–water partition coefficient (Wildman–Crippen LogP) is 1.57. The van der Waals surface area contributed by atoms with E-state index in [2.05, 4.69) is 15.5 Å². The third-order valence-electron chi connectivity index (χ3n) is 2.54. The van der Waals surface area contributed by atoms with Crippen LogP contribution in [0.25, 0.3) is 0 Å². The van der Waals surface area contributed by atoms with Crippen molar-refractivity contribution in [2.75, 3.05) is 5.32 Å². The molecule has 0 aliphatic rings. The van der Waals surface area contributed by atoms with Crippen LogP contribution < -0.4 is 11.1 Å². The van der Waals surface area contributed by atoms with E-state index >= 15 is 0 Å². The van der Waals surface area contributed by atoms with Crippen molar-refractivity contribution in [2.24, 2.45) is 10.9 Å². The van der Waals surface area contributed by atoms with Crippen LogP contribution in [-0.2, 0) is 0 Å². The molecule has 20 heavy (non-hydrogen) atoms. The van der Waals surface area contributed by atoms with Crippen LogP contribution in [0.3, 0.4) is 0 Å². The van der Waals surface area contributed by atoms with Gasteiger partial charge in [-0.15, -0.1) is 0 Å². The van der Waals surface area contributed by atoms with Gasteiger partial charge in [-0.3, -0.25) is 9.78 Å². The number of amidine groups is 1. The molecule has 0 unspecified atom stereocenters. The Morgan fingerprint density at radius 1 is 1.40 bits per heavy atom. The molecule has 1 aromatic heterocycles. The first-order chi connectivity index (χ1) is 9.61. The van der Waals surface area contributed by atoms with Crippen LogP contribution in [0, 0.1) is 5.82 Å². The topological polar surface area (TPSA) is 101 Å². The van der Waals surface area contributed by atoms with Crippen LogP contribution in [0.15, 0.2) is 47.9 Å². The average molecular weight is 274 g/mol. The molecular formula is C13H11FN4O2. The fourth-order valence-electron chi connectivity index (χ4n) is 1.57. The molecule has 0 aliphatic carbocycles. The minimum Gasteiger partial charge on any atom is -0.409 e. The molecule has 0 bridgehead atoms. The summed E-state index contributed by atoms with van der Waals surface area (Å²) in [5.41, 5.74) is 6.16. The summed E-state index contributed by atoms with van der Waals surface area (Å²) in [6, 6.07) is 7.61. The fraction of sp³-hybridized carbons (Fsp3) is 0. The summed E-state index contributed by atoms with van der Waals surface area (Å²) in [5.74, 6) is -1.41. The van der Waals surface area contributed by atoms with E-state index in [-0.39, 0.29) is 11.4 Å². The van der Waals surface area contributed by atoms with Crippen LogP contribution >= 0.6 is 0 Å². The number of rotatable bonds is 3. The van der Waals surface area contributed by atoms with Crippen molar-refractivity contribution in [3.8, 4) is 0 Å². The van der Waals surface area contributed by atoms with E-state index < -0.39 is 11.7 Å². The van der Waals surface area contributed by atoms with Gasteiger partial charge in [0, 0.05) is 17.4 Å². The summed E-state index contributed by atoms with van der Waals surface area (Å²) < 4.78 is 13.4. The van der Waals surface area contributed by atoms with E-state index in [1.165, 1.54) is 18.3 Å². The fourth-order valence-corrected chi connectivity index (χ4v) is 1.57. The van der Waals surface area contributed by atoms with Gasteiger partial charge >= 0.3 is 0 Å². The molecule has 0 spiro atoms. The molecule has 102 valence electrons. The Kier molecular flexibility index (Phi) is 3.90. The van der Waals surface area contributed by atoms with Gasteiger partial charge in [0.25, 0.3) is 5.91 Å². The van der Waals surface area contributed by atoms with Gasteiger partial charge in [-0.05, 0) is 18.2 Å². The van der Waals surface area contributed by atoms with Gasteiger partial charge in [-0.2, -0.15) is 0 Å². The highest BCUT2D eigenvalue weighted by Crippen LogP contribution is 2.13. The highest BCUT2D eigenvalue weighted by Gasteiger charge is 2.11. The Hall–Kier alpha value is -2.96. The standard InChI is InChI=1S/C13H11FN4O2/c14-11-7-16-5-4-10(11)13(19)17-9-3-1-2-8(6-9)12(15)18-20/h1-7,20H,(H2,15,18)(H,17,19). The van der Waals surface area contributed by atoms with Crippen LogP contribution in [-0.4, -0.2) is 21.9 Å². The van der Waals surface area contributed by atoms with Crippen LogP contribution in [0.2, 0.25) is 0 Å². The molecule has 1 amide bonds. The maximum Gasteiger partial charge on any atom is 0.258 e. The Labute approximate surface area is 113 Å². The number of benzene rings is 1. The molecule has 2 aromatic rings. The molecule has 0 saturated heterocycles. The Balaban J connectivity index is 2.23. The lowest BCUT2D eigenvalue weighted by Gasteiger charge is -2.07. The van der Waals surface area contributed by atoms with Crippen LogP contribution in [0.4, 0.5) is 10.1 Å². The maximum absolute atomic E-state index is 13.4. The van der Waals surface area contributed by atoms with Crippen LogP contribution in [0.1, 0.15) is 15.9 Å². The zero-order valence-electron chi connectivity index (χ0n) is 10.2. The summed E-state index contributed by atoms with van der Waals surface area (Å²) >= 11 is 0. The second kappa shape index (κ2) is 5.79. The first-order valence-electron chi connectivity index (χ1n) is 5.60. The number of aromatic nitrogens is 1. The molecule has 1 heterocycles. The number of pyridine rings is 1. The van der Waals surface area contributed by atoms with Gasteiger partial charge in [-0.1, -0.05) is 17.3 Å². The van der Waals surface area contributed by atoms with Crippen molar-refractivity contribution in [1.82, 2.24) is 4.98 Å². The first-order valence-corrected chi connectivity index (χ1v) is 5.60. The Morgan fingerprint density at radius 2 is 2.20 bits per heavy atom. The molecule has 4 N–H and O–H groups in total. The van der Waals surface area contributed by atoms with Gasteiger partial charge in [0.05, 0.1) is 11.8 Å². The zero-order chi connectivity index (χ0) is 14.5.